The maximum absolute atomic E-state index is 12.1. The number of benzene rings is 1. The van der Waals surface area contributed by atoms with E-state index < -0.39 is 5.91 Å². The van der Waals surface area contributed by atoms with Crippen molar-refractivity contribution in [3.63, 3.8) is 0 Å². The molecule has 0 saturated carbocycles. The molecule has 0 aliphatic rings. The quantitative estimate of drug-likeness (QED) is 0.565. The number of nitrogens with one attached hydrogen (secondary N) is 1. The number of nitrogens with zero attached hydrogens (tertiary/aromatic N) is 3. The fourth-order valence-electron chi connectivity index (χ4n) is 1.74. The zero-order valence-corrected chi connectivity index (χ0v) is 15.4. The summed E-state index contributed by atoms with van der Waals surface area (Å²) in [7, 11) is 0. The summed E-state index contributed by atoms with van der Waals surface area (Å²) in [5, 5.41) is 11.7. The summed E-state index contributed by atoms with van der Waals surface area (Å²) >= 11 is 18.9. The van der Waals surface area contributed by atoms with Gasteiger partial charge in [-0.2, -0.15) is 0 Å². The number of rotatable bonds is 6. The van der Waals surface area contributed by atoms with E-state index in [0.29, 0.717) is 21.7 Å². The summed E-state index contributed by atoms with van der Waals surface area (Å²) in [6.07, 6.45) is 0. The highest BCUT2D eigenvalue weighted by atomic mass is 35.5. The van der Waals surface area contributed by atoms with Crippen LogP contribution in [0.3, 0.4) is 0 Å². The predicted octanol–water partition coefficient (Wildman–Crippen LogP) is 2.76. The summed E-state index contributed by atoms with van der Waals surface area (Å²) in [6.45, 7) is 1.64. The second-order valence-corrected chi connectivity index (χ2v) is 6.83. The van der Waals surface area contributed by atoms with Gasteiger partial charge in [0.25, 0.3) is 0 Å². The van der Waals surface area contributed by atoms with Crippen molar-refractivity contribution in [1.29, 1.82) is 0 Å². The molecule has 0 fully saturated rings. The summed E-state index contributed by atoms with van der Waals surface area (Å²) in [5.41, 5.74) is 5.53. The summed E-state index contributed by atoms with van der Waals surface area (Å²) in [5.74, 6) is -0.282. The van der Waals surface area contributed by atoms with Crippen molar-refractivity contribution in [1.82, 2.24) is 14.8 Å². The minimum atomic E-state index is -0.521. The molecule has 1 aromatic carbocycles. The fraction of sp³-hybridized carbons (Fsp3) is 0.231. The van der Waals surface area contributed by atoms with Gasteiger partial charge in [0, 0.05) is 0 Å². The molecule has 7 nitrogen and oxygen atoms in total. The Labute approximate surface area is 156 Å². The van der Waals surface area contributed by atoms with Crippen LogP contribution in [0.4, 0.5) is 5.69 Å². The van der Waals surface area contributed by atoms with Gasteiger partial charge in [-0.25, -0.2) is 0 Å². The molecule has 0 aliphatic heterocycles. The number of hydrogen-bond acceptors (Lipinski definition) is 5. The molecular formula is C13H12Cl3N5O2S. The van der Waals surface area contributed by atoms with E-state index in [2.05, 4.69) is 15.5 Å². The SMILES string of the molecule is Cc1nnc(SCC(=O)Nc2cc(Cl)c(Cl)cc2Cl)n1CC(N)=O. The molecule has 11 heteroatoms. The number of nitrogens with two attached hydrogens (primary N) is 1. The molecule has 128 valence electrons. The molecule has 0 bridgehead atoms. The molecule has 0 atom stereocenters. The Morgan fingerprint density at radius 3 is 2.54 bits per heavy atom. The second-order valence-electron chi connectivity index (χ2n) is 4.67. The summed E-state index contributed by atoms with van der Waals surface area (Å²) < 4.78 is 1.53. The van der Waals surface area contributed by atoms with Gasteiger partial charge in [0.1, 0.15) is 12.4 Å². The molecule has 0 aliphatic carbocycles. The van der Waals surface area contributed by atoms with Crippen LogP contribution >= 0.6 is 46.6 Å². The van der Waals surface area contributed by atoms with E-state index in [9.17, 15) is 9.59 Å². The monoisotopic (exact) mass is 407 g/mol. The van der Waals surface area contributed by atoms with Crippen LogP contribution in [0.2, 0.25) is 15.1 Å². The third-order valence-corrected chi connectivity index (χ3v) is 4.83. The van der Waals surface area contributed by atoms with E-state index >= 15 is 0 Å². The van der Waals surface area contributed by atoms with Crippen LogP contribution in [0.1, 0.15) is 5.82 Å². The number of thioether (sulfide) groups is 1. The minimum Gasteiger partial charge on any atom is -0.368 e. The number of aromatic nitrogens is 3. The number of carbonyl (C=O) groups is 2. The van der Waals surface area contributed by atoms with Crippen LogP contribution in [0.25, 0.3) is 0 Å². The number of amides is 2. The Morgan fingerprint density at radius 1 is 1.21 bits per heavy atom. The fourth-order valence-corrected chi connectivity index (χ4v) is 3.12. The Kier molecular flexibility index (Phi) is 6.34. The number of primary amides is 1. The molecule has 24 heavy (non-hydrogen) atoms. The molecule has 1 heterocycles. The van der Waals surface area contributed by atoms with E-state index in [1.807, 2.05) is 0 Å². The van der Waals surface area contributed by atoms with Crippen LogP contribution < -0.4 is 11.1 Å². The standard InChI is InChI=1S/C13H12Cl3N5O2S/c1-6-19-20-13(21(6)4-11(17)22)24-5-12(23)18-10-3-8(15)7(14)2-9(10)16/h2-3H,4-5H2,1H3,(H2,17,22)(H,18,23). The normalized spacial score (nSPS) is 10.7. The average Bonchev–Trinajstić information content (AvgIpc) is 2.83. The maximum atomic E-state index is 12.1. The van der Waals surface area contributed by atoms with Crippen molar-refractivity contribution in [2.75, 3.05) is 11.1 Å². The summed E-state index contributed by atoms with van der Waals surface area (Å²) in [6, 6.07) is 2.91. The first kappa shape index (κ1) is 18.9. The molecule has 2 aromatic rings. The molecule has 2 amide bonds. The lowest BCUT2D eigenvalue weighted by molar-refractivity contribution is -0.118. The van der Waals surface area contributed by atoms with Crippen LogP contribution in [0, 0.1) is 6.92 Å². The Morgan fingerprint density at radius 2 is 1.88 bits per heavy atom. The first-order valence-electron chi connectivity index (χ1n) is 6.53. The molecule has 0 saturated heterocycles. The van der Waals surface area contributed by atoms with Crippen molar-refractivity contribution >= 4 is 64.1 Å². The maximum Gasteiger partial charge on any atom is 0.237 e. The zero-order chi connectivity index (χ0) is 17.9. The van der Waals surface area contributed by atoms with Gasteiger partial charge >= 0.3 is 0 Å². The lowest BCUT2D eigenvalue weighted by Gasteiger charge is -2.09. The molecule has 2 rings (SSSR count). The molecule has 0 radical (unpaired) electrons. The van der Waals surface area contributed by atoms with Gasteiger partial charge in [-0.1, -0.05) is 46.6 Å². The largest absolute Gasteiger partial charge is 0.368 e. The molecule has 0 spiro atoms. The topological polar surface area (TPSA) is 103 Å². The molecule has 0 unspecified atom stereocenters. The van der Waals surface area contributed by atoms with Gasteiger partial charge in [-0.05, 0) is 19.1 Å². The van der Waals surface area contributed by atoms with E-state index in [1.54, 1.807) is 6.92 Å². The molecule has 1 aromatic heterocycles. The smallest absolute Gasteiger partial charge is 0.237 e. The first-order chi connectivity index (χ1) is 11.3. The number of halogens is 3. The third-order valence-electron chi connectivity index (χ3n) is 2.83. The van der Waals surface area contributed by atoms with Gasteiger partial charge in [0.05, 0.1) is 26.5 Å². The van der Waals surface area contributed by atoms with Crippen molar-refractivity contribution in [2.24, 2.45) is 5.73 Å². The highest BCUT2D eigenvalue weighted by molar-refractivity contribution is 7.99. The highest BCUT2D eigenvalue weighted by Gasteiger charge is 2.14. The van der Waals surface area contributed by atoms with E-state index in [0.717, 1.165) is 11.8 Å². The number of carbonyl (C=O) groups excluding carboxylic acids is 2. The zero-order valence-electron chi connectivity index (χ0n) is 12.3. The van der Waals surface area contributed by atoms with Gasteiger partial charge in [-0.3, -0.25) is 14.2 Å². The second kappa shape index (κ2) is 8.06. The van der Waals surface area contributed by atoms with Crippen LogP contribution in [0.5, 0.6) is 0 Å². The van der Waals surface area contributed by atoms with Crippen LogP contribution in [-0.4, -0.2) is 32.3 Å². The van der Waals surface area contributed by atoms with Gasteiger partial charge in [0.2, 0.25) is 11.8 Å². The predicted molar refractivity (Wildman–Crippen MR) is 94.8 cm³/mol. The highest BCUT2D eigenvalue weighted by Crippen LogP contribution is 2.32. The first-order valence-corrected chi connectivity index (χ1v) is 8.65. The van der Waals surface area contributed by atoms with Crippen molar-refractivity contribution in [3.05, 3.63) is 33.0 Å². The van der Waals surface area contributed by atoms with Crippen molar-refractivity contribution < 1.29 is 9.59 Å². The van der Waals surface area contributed by atoms with Crippen molar-refractivity contribution in [3.8, 4) is 0 Å². The van der Waals surface area contributed by atoms with Crippen LogP contribution in [0.15, 0.2) is 17.3 Å². The average molecular weight is 409 g/mol. The number of anilines is 1. The van der Waals surface area contributed by atoms with Crippen molar-refractivity contribution in [2.45, 2.75) is 18.6 Å². The van der Waals surface area contributed by atoms with Gasteiger partial charge in [0.15, 0.2) is 5.16 Å². The molecule has 3 N–H and O–H groups in total. The Hall–Kier alpha value is -1.48. The Bertz CT molecular complexity index is 796. The Balaban J connectivity index is 2.02. The summed E-state index contributed by atoms with van der Waals surface area (Å²) in [4.78, 5) is 23.1. The van der Waals surface area contributed by atoms with Gasteiger partial charge in [-0.15, -0.1) is 10.2 Å². The minimum absolute atomic E-state index is 0.0352. The van der Waals surface area contributed by atoms with Gasteiger partial charge < -0.3 is 11.1 Å². The number of aryl methyl sites for hydroxylation is 1. The third kappa shape index (κ3) is 4.76. The lowest BCUT2D eigenvalue weighted by Crippen LogP contribution is -2.20. The molecular weight excluding hydrogens is 397 g/mol. The van der Waals surface area contributed by atoms with E-state index in [1.165, 1.54) is 16.7 Å². The van der Waals surface area contributed by atoms with Crippen LogP contribution in [-0.2, 0) is 16.1 Å². The lowest BCUT2D eigenvalue weighted by atomic mass is 10.3. The van der Waals surface area contributed by atoms with E-state index in [-0.39, 0.29) is 28.3 Å². The van der Waals surface area contributed by atoms with E-state index in [4.69, 9.17) is 40.5 Å². The number of hydrogen-bond donors (Lipinski definition) is 2.